The number of alkyl halides is 3. The number of ether oxygens (including phenoxy) is 1. The Morgan fingerprint density at radius 2 is 2.00 bits per heavy atom. The molecule has 3 aliphatic heterocycles. The summed E-state index contributed by atoms with van der Waals surface area (Å²) in [5.41, 5.74) is 0.813. The van der Waals surface area contributed by atoms with E-state index in [2.05, 4.69) is 15.0 Å². The zero-order valence-corrected chi connectivity index (χ0v) is 11.7. The lowest BCUT2D eigenvalue weighted by molar-refractivity contribution is -0.274. The molecule has 4 rings (SSSR count). The summed E-state index contributed by atoms with van der Waals surface area (Å²) in [7, 11) is 0. The van der Waals surface area contributed by atoms with Crippen LogP contribution in [0.4, 0.5) is 13.2 Å². The van der Waals surface area contributed by atoms with Crippen molar-refractivity contribution in [3.63, 3.8) is 0 Å². The summed E-state index contributed by atoms with van der Waals surface area (Å²) in [6.45, 7) is 3.98. The predicted octanol–water partition coefficient (Wildman–Crippen LogP) is 2.77. The third-order valence-corrected chi connectivity index (χ3v) is 4.36. The van der Waals surface area contributed by atoms with Gasteiger partial charge in [-0.2, -0.15) is 0 Å². The van der Waals surface area contributed by atoms with Crippen molar-refractivity contribution in [2.24, 2.45) is 5.92 Å². The molecule has 3 saturated heterocycles. The van der Waals surface area contributed by atoms with Crippen LogP contribution in [0.5, 0.6) is 5.75 Å². The quantitative estimate of drug-likeness (QED) is 0.925. The van der Waals surface area contributed by atoms with Gasteiger partial charge in [-0.25, -0.2) is 0 Å². The van der Waals surface area contributed by atoms with E-state index in [1.54, 1.807) is 6.07 Å². The summed E-state index contributed by atoms with van der Waals surface area (Å²) in [4.78, 5) is 2.45. The summed E-state index contributed by atoms with van der Waals surface area (Å²) in [5.74, 6) is 0.542. The SMILES string of the molecule is FC(F)(F)Oc1cccc(CNC2CN3CCC2CC3)c1. The van der Waals surface area contributed by atoms with Crippen LogP contribution >= 0.6 is 0 Å². The molecule has 2 bridgehead atoms. The lowest BCUT2D eigenvalue weighted by Gasteiger charge is -2.45. The van der Waals surface area contributed by atoms with Gasteiger partial charge in [0.1, 0.15) is 5.75 Å². The van der Waals surface area contributed by atoms with Gasteiger partial charge in [0.15, 0.2) is 0 Å². The van der Waals surface area contributed by atoms with Crippen LogP contribution in [0.1, 0.15) is 18.4 Å². The van der Waals surface area contributed by atoms with E-state index in [0.29, 0.717) is 18.5 Å². The van der Waals surface area contributed by atoms with E-state index in [4.69, 9.17) is 0 Å². The highest BCUT2D eigenvalue weighted by Crippen LogP contribution is 2.28. The first-order valence-corrected chi connectivity index (χ1v) is 7.30. The molecule has 3 nitrogen and oxygen atoms in total. The number of rotatable bonds is 4. The van der Waals surface area contributed by atoms with Crippen molar-refractivity contribution in [1.29, 1.82) is 0 Å². The van der Waals surface area contributed by atoms with Crippen LogP contribution in [0.3, 0.4) is 0 Å². The first kappa shape index (κ1) is 14.7. The monoisotopic (exact) mass is 300 g/mol. The van der Waals surface area contributed by atoms with Gasteiger partial charge in [0.2, 0.25) is 0 Å². The second kappa shape index (κ2) is 5.85. The van der Waals surface area contributed by atoms with Crippen molar-refractivity contribution >= 4 is 0 Å². The second-order valence-electron chi connectivity index (χ2n) is 5.82. The fourth-order valence-corrected chi connectivity index (χ4v) is 3.30. The second-order valence-corrected chi connectivity index (χ2v) is 5.82. The van der Waals surface area contributed by atoms with Gasteiger partial charge in [-0.05, 0) is 49.5 Å². The maximum Gasteiger partial charge on any atom is 0.573 e. The third kappa shape index (κ3) is 3.89. The van der Waals surface area contributed by atoms with E-state index < -0.39 is 6.36 Å². The van der Waals surface area contributed by atoms with E-state index in [1.165, 1.54) is 38.1 Å². The van der Waals surface area contributed by atoms with Gasteiger partial charge in [0, 0.05) is 19.1 Å². The molecule has 0 saturated carbocycles. The van der Waals surface area contributed by atoms with E-state index in [-0.39, 0.29) is 5.75 Å². The maximum absolute atomic E-state index is 12.2. The smallest absolute Gasteiger partial charge is 0.406 e. The number of halogens is 3. The van der Waals surface area contributed by atoms with Crippen LogP contribution in [0, 0.1) is 5.92 Å². The standard InChI is InChI=1S/C15H19F3N2O/c16-15(17,18)21-13-3-1-2-11(8-13)9-19-14-10-20-6-4-12(14)5-7-20/h1-3,8,12,14,19H,4-7,9-10H2. The Balaban J connectivity index is 1.57. The molecule has 3 heterocycles. The lowest BCUT2D eigenvalue weighted by atomic mass is 9.84. The van der Waals surface area contributed by atoms with E-state index in [0.717, 1.165) is 12.1 Å². The van der Waals surface area contributed by atoms with Crippen LogP contribution in [0.2, 0.25) is 0 Å². The molecule has 0 spiro atoms. The molecule has 1 aromatic carbocycles. The van der Waals surface area contributed by atoms with Gasteiger partial charge in [-0.1, -0.05) is 12.1 Å². The van der Waals surface area contributed by atoms with Gasteiger partial charge in [-0.3, -0.25) is 0 Å². The van der Waals surface area contributed by atoms with Crippen LogP contribution in [-0.4, -0.2) is 36.9 Å². The predicted molar refractivity (Wildman–Crippen MR) is 72.9 cm³/mol. The molecule has 3 fully saturated rings. The Morgan fingerprint density at radius 3 is 2.62 bits per heavy atom. The number of fused-ring (bicyclic) bond motifs is 3. The zero-order valence-electron chi connectivity index (χ0n) is 11.7. The number of hydrogen-bond donors (Lipinski definition) is 1. The molecule has 0 radical (unpaired) electrons. The summed E-state index contributed by atoms with van der Waals surface area (Å²) in [6.07, 6.45) is -2.20. The normalized spacial score (nSPS) is 28.6. The van der Waals surface area contributed by atoms with Crippen molar-refractivity contribution < 1.29 is 17.9 Å². The molecule has 1 N–H and O–H groups in total. The molecule has 21 heavy (non-hydrogen) atoms. The summed E-state index contributed by atoms with van der Waals surface area (Å²) in [5, 5.41) is 3.48. The highest BCUT2D eigenvalue weighted by Gasteiger charge is 2.33. The van der Waals surface area contributed by atoms with Crippen molar-refractivity contribution in [2.75, 3.05) is 19.6 Å². The van der Waals surface area contributed by atoms with Crippen molar-refractivity contribution in [3.05, 3.63) is 29.8 Å². The van der Waals surface area contributed by atoms with Crippen molar-refractivity contribution in [1.82, 2.24) is 10.2 Å². The number of hydrogen-bond acceptors (Lipinski definition) is 3. The Labute approximate surface area is 122 Å². The van der Waals surface area contributed by atoms with Crippen LogP contribution in [-0.2, 0) is 6.54 Å². The molecule has 1 atom stereocenters. The van der Waals surface area contributed by atoms with Gasteiger partial charge < -0.3 is 15.0 Å². The summed E-state index contributed by atoms with van der Waals surface area (Å²) < 4.78 is 40.6. The van der Waals surface area contributed by atoms with Gasteiger partial charge in [0.05, 0.1) is 0 Å². The van der Waals surface area contributed by atoms with Crippen molar-refractivity contribution in [2.45, 2.75) is 31.8 Å². The Morgan fingerprint density at radius 1 is 1.24 bits per heavy atom. The maximum atomic E-state index is 12.2. The Hall–Kier alpha value is -1.27. The van der Waals surface area contributed by atoms with E-state index >= 15 is 0 Å². The molecular weight excluding hydrogens is 281 g/mol. The van der Waals surface area contributed by atoms with Crippen molar-refractivity contribution in [3.8, 4) is 5.75 Å². The largest absolute Gasteiger partial charge is 0.573 e. The first-order valence-electron chi connectivity index (χ1n) is 7.30. The number of benzene rings is 1. The Kier molecular flexibility index (Phi) is 4.08. The minimum absolute atomic E-state index is 0.157. The first-order chi connectivity index (χ1) is 9.99. The number of nitrogens with zero attached hydrogens (tertiary/aromatic N) is 1. The van der Waals surface area contributed by atoms with Crippen LogP contribution < -0.4 is 10.1 Å². The van der Waals surface area contributed by atoms with Gasteiger partial charge in [-0.15, -0.1) is 13.2 Å². The molecule has 1 aromatic rings. The molecule has 116 valence electrons. The molecule has 1 unspecified atom stereocenters. The summed E-state index contributed by atoms with van der Waals surface area (Å²) >= 11 is 0. The third-order valence-electron chi connectivity index (χ3n) is 4.36. The zero-order chi connectivity index (χ0) is 14.9. The fourth-order valence-electron chi connectivity index (χ4n) is 3.30. The molecule has 0 amide bonds. The van der Waals surface area contributed by atoms with Gasteiger partial charge >= 0.3 is 6.36 Å². The number of nitrogens with one attached hydrogen (secondary N) is 1. The lowest BCUT2D eigenvalue weighted by Crippen LogP contribution is -2.55. The van der Waals surface area contributed by atoms with E-state index in [9.17, 15) is 13.2 Å². The Bertz CT molecular complexity index is 484. The number of piperidine rings is 3. The van der Waals surface area contributed by atoms with E-state index in [1.807, 2.05) is 6.07 Å². The van der Waals surface area contributed by atoms with Crippen LogP contribution in [0.15, 0.2) is 24.3 Å². The minimum Gasteiger partial charge on any atom is -0.406 e. The van der Waals surface area contributed by atoms with Gasteiger partial charge in [0.25, 0.3) is 0 Å². The average Bonchev–Trinajstić information content (AvgIpc) is 2.45. The minimum atomic E-state index is -4.64. The summed E-state index contributed by atoms with van der Waals surface area (Å²) in [6, 6.07) is 6.62. The highest BCUT2D eigenvalue weighted by molar-refractivity contribution is 5.28. The highest BCUT2D eigenvalue weighted by atomic mass is 19.4. The molecule has 3 aliphatic rings. The molecule has 0 aromatic heterocycles. The molecule has 0 aliphatic carbocycles. The average molecular weight is 300 g/mol. The topological polar surface area (TPSA) is 24.5 Å². The van der Waals surface area contributed by atoms with Crippen LogP contribution in [0.25, 0.3) is 0 Å². The fraction of sp³-hybridized carbons (Fsp3) is 0.600. The molecular formula is C15H19F3N2O. The molecule has 6 heteroatoms.